The molecule has 0 atom stereocenters. The van der Waals surface area contributed by atoms with Gasteiger partial charge in [-0.05, 0) is 63.6 Å². The van der Waals surface area contributed by atoms with Crippen molar-refractivity contribution in [2.45, 2.75) is 51.9 Å². The third-order valence-electron chi connectivity index (χ3n) is 6.00. The first-order valence-corrected chi connectivity index (χ1v) is 11.5. The smallest absolute Gasteiger partial charge is 0.257 e. The van der Waals surface area contributed by atoms with Crippen LogP contribution in [-0.2, 0) is 12.8 Å². The summed E-state index contributed by atoms with van der Waals surface area (Å²) in [5, 5.41) is 3.43. The molecular weight excluding hydrogens is 416 g/mol. The number of fused-ring (bicyclic) bond motifs is 2. The largest absolute Gasteiger partial charge is 0.493 e. The number of carbonyl (C=O) groups excluding carboxylic acids is 2. The minimum Gasteiger partial charge on any atom is -0.493 e. The summed E-state index contributed by atoms with van der Waals surface area (Å²) >= 11 is 6.07. The molecule has 1 aromatic heterocycles. The van der Waals surface area contributed by atoms with Gasteiger partial charge in [-0.25, -0.2) is 0 Å². The Balaban J connectivity index is 1.50. The van der Waals surface area contributed by atoms with Crippen LogP contribution in [0.3, 0.4) is 0 Å². The summed E-state index contributed by atoms with van der Waals surface area (Å²) in [6.45, 7) is 4.09. The number of nitrogens with one attached hydrogen (secondary N) is 1. The Morgan fingerprint density at radius 3 is 2.77 bits per heavy atom. The first-order chi connectivity index (χ1) is 15.0. The molecule has 2 aromatic rings. The van der Waals surface area contributed by atoms with Gasteiger partial charge in [0.25, 0.3) is 11.8 Å². The fraction of sp³-hybridized carbons (Fsp3) is 0.500. The third-order valence-corrected chi connectivity index (χ3v) is 6.24. The van der Waals surface area contributed by atoms with E-state index >= 15 is 0 Å². The van der Waals surface area contributed by atoms with Crippen molar-refractivity contribution >= 4 is 23.4 Å². The van der Waals surface area contributed by atoms with Gasteiger partial charge in [0, 0.05) is 36.6 Å². The number of ether oxygens (including phenoxy) is 1. The number of hydrogen-bond acceptors (Lipinski definition) is 4. The molecule has 31 heavy (non-hydrogen) atoms. The maximum atomic E-state index is 13.5. The predicted octanol–water partition coefficient (Wildman–Crippen LogP) is 4.56. The molecule has 7 heteroatoms. The Kier molecular flexibility index (Phi) is 6.86. The monoisotopic (exact) mass is 444 g/mol. The Labute approximate surface area is 187 Å². The highest BCUT2D eigenvalue weighted by Gasteiger charge is 2.28. The zero-order valence-corrected chi connectivity index (χ0v) is 18.7. The second-order valence-corrected chi connectivity index (χ2v) is 8.68. The molecular formula is C24H29ClN2O4. The lowest BCUT2D eigenvalue weighted by atomic mass is 9.94. The van der Waals surface area contributed by atoms with Gasteiger partial charge >= 0.3 is 0 Å². The number of carbonyl (C=O) groups is 2. The zero-order valence-electron chi connectivity index (χ0n) is 18.0. The highest BCUT2D eigenvalue weighted by molar-refractivity contribution is 6.31. The summed E-state index contributed by atoms with van der Waals surface area (Å²) in [6.07, 6.45) is 6.32. The zero-order chi connectivity index (χ0) is 21.8. The van der Waals surface area contributed by atoms with Crippen molar-refractivity contribution in [3.05, 3.63) is 51.4 Å². The van der Waals surface area contributed by atoms with E-state index < -0.39 is 0 Å². The number of amides is 2. The molecule has 0 spiro atoms. The first kappa shape index (κ1) is 21.8. The lowest BCUT2D eigenvalue weighted by molar-refractivity contribution is 0.0740. The number of hydrogen-bond donors (Lipinski definition) is 1. The number of nitrogens with zero attached hydrogens (tertiary/aromatic N) is 1. The number of benzene rings is 1. The van der Waals surface area contributed by atoms with Crippen LogP contribution in [0.2, 0.25) is 5.02 Å². The Bertz CT molecular complexity index is 969. The minimum absolute atomic E-state index is 0.0514. The number of furan rings is 1. The molecule has 0 radical (unpaired) electrons. The molecule has 166 valence electrons. The summed E-state index contributed by atoms with van der Waals surface area (Å²) in [4.78, 5) is 27.9. The second kappa shape index (κ2) is 9.77. The average molecular weight is 445 g/mol. The van der Waals surface area contributed by atoms with Gasteiger partial charge in [-0.15, -0.1) is 0 Å². The number of aryl methyl sites for hydroxylation is 2. The van der Waals surface area contributed by atoms with E-state index in [9.17, 15) is 9.59 Å². The van der Waals surface area contributed by atoms with Crippen LogP contribution in [0.4, 0.5) is 0 Å². The number of halogens is 1. The lowest BCUT2D eigenvalue weighted by Gasteiger charge is -2.23. The second-order valence-electron chi connectivity index (χ2n) is 8.24. The van der Waals surface area contributed by atoms with E-state index in [-0.39, 0.29) is 11.8 Å². The van der Waals surface area contributed by atoms with Gasteiger partial charge in [-0.2, -0.15) is 0 Å². The maximum absolute atomic E-state index is 13.5. The topological polar surface area (TPSA) is 71.8 Å². The molecule has 0 bridgehead atoms. The Morgan fingerprint density at radius 1 is 1.10 bits per heavy atom. The van der Waals surface area contributed by atoms with Crippen molar-refractivity contribution in [1.82, 2.24) is 10.2 Å². The molecule has 1 aliphatic heterocycles. The van der Waals surface area contributed by atoms with Gasteiger partial charge in [-0.3, -0.25) is 9.59 Å². The van der Waals surface area contributed by atoms with Crippen molar-refractivity contribution in [2.24, 2.45) is 0 Å². The molecule has 2 heterocycles. The third kappa shape index (κ3) is 4.90. The van der Waals surface area contributed by atoms with Crippen LogP contribution in [-0.4, -0.2) is 43.0 Å². The molecule has 0 fully saturated rings. The molecule has 6 nitrogen and oxygen atoms in total. The average Bonchev–Trinajstić information content (AvgIpc) is 3.10. The molecule has 0 saturated heterocycles. The van der Waals surface area contributed by atoms with Crippen LogP contribution in [0.1, 0.15) is 69.9 Å². The summed E-state index contributed by atoms with van der Waals surface area (Å²) in [5.41, 5.74) is 2.31. The van der Waals surface area contributed by atoms with Crippen molar-refractivity contribution in [3.8, 4) is 5.75 Å². The minimum atomic E-state index is -0.190. The van der Waals surface area contributed by atoms with E-state index in [0.29, 0.717) is 49.0 Å². The van der Waals surface area contributed by atoms with E-state index in [0.717, 1.165) is 61.2 Å². The van der Waals surface area contributed by atoms with Crippen molar-refractivity contribution < 1.29 is 18.7 Å². The first-order valence-electron chi connectivity index (χ1n) is 11.2. The summed E-state index contributed by atoms with van der Waals surface area (Å²) in [6, 6.07) is 5.07. The molecule has 0 saturated carbocycles. The normalized spacial score (nSPS) is 17.9. The molecule has 0 unspecified atom stereocenters. The molecule has 4 rings (SSSR count). The Morgan fingerprint density at radius 2 is 1.90 bits per heavy atom. The van der Waals surface area contributed by atoms with Gasteiger partial charge in [0.2, 0.25) is 0 Å². The molecule has 2 amide bonds. The van der Waals surface area contributed by atoms with E-state index in [2.05, 4.69) is 5.32 Å². The molecule has 2 aliphatic rings. The summed E-state index contributed by atoms with van der Waals surface area (Å²) in [7, 11) is 0. The molecule has 1 N–H and O–H groups in total. The lowest BCUT2D eigenvalue weighted by Crippen LogP contribution is -2.35. The standard InChI is InChI=1S/C24H29ClN2O4/c1-16-22(18-7-2-3-8-21(18)31-16)24(29)27-12-5-4-11-26-23(28)19-15-17(25)9-10-20(19)30-14-6-13-27/h9-10,15H,2-8,11-14H2,1H3,(H,26,28). The van der Waals surface area contributed by atoms with Crippen molar-refractivity contribution in [2.75, 3.05) is 26.2 Å². The van der Waals surface area contributed by atoms with Crippen LogP contribution < -0.4 is 10.1 Å². The maximum Gasteiger partial charge on any atom is 0.257 e. The van der Waals surface area contributed by atoms with E-state index in [1.54, 1.807) is 18.2 Å². The number of rotatable bonds is 1. The van der Waals surface area contributed by atoms with E-state index in [4.69, 9.17) is 20.8 Å². The fourth-order valence-corrected chi connectivity index (χ4v) is 4.60. The SMILES string of the molecule is Cc1oc2c(c1C(=O)N1CCCCNC(=O)c3cc(Cl)ccc3OCCC1)CCCC2. The van der Waals surface area contributed by atoms with Crippen LogP contribution in [0.15, 0.2) is 22.6 Å². The van der Waals surface area contributed by atoms with Crippen molar-refractivity contribution in [1.29, 1.82) is 0 Å². The highest BCUT2D eigenvalue weighted by atomic mass is 35.5. The van der Waals surface area contributed by atoms with Crippen molar-refractivity contribution in [3.63, 3.8) is 0 Å². The predicted molar refractivity (Wildman–Crippen MR) is 119 cm³/mol. The fourth-order valence-electron chi connectivity index (χ4n) is 4.42. The molecule has 1 aliphatic carbocycles. The van der Waals surface area contributed by atoms with Gasteiger partial charge in [0.05, 0.1) is 17.7 Å². The van der Waals surface area contributed by atoms with Gasteiger partial charge in [0.15, 0.2) is 0 Å². The Hall–Kier alpha value is -2.47. The molecule has 1 aromatic carbocycles. The quantitative estimate of drug-likeness (QED) is 0.700. The summed E-state index contributed by atoms with van der Waals surface area (Å²) in [5.74, 6) is 2.09. The van der Waals surface area contributed by atoms with Crippen LogP contribution in [0, 0.1) is 6.92 Å². The van der Waals surface area contributed by atoms with Crippen LogP contribution in [0.5, 0.6) is 5.75 Å². The van der Waals surface area contributed by atoms with Gasteiger partial charge in [0.1, 0.15) is 17.3 Å². The van der Waals surface area contributed by atoms with Gasteiger partial charge < -0.3 is 19.4 Å². The van der Waals surface area contributed by atoms with Crippen LogP contribution in [0.25, 0.3) is 0 Å². The van der Waals surface area contributed by atoms with E-state index in [1.165, 1.54) is 0 Å². The van der Waals surface area contributed by atoms with E-state index in [1.807, 2.05) is 11.8 Å². The summed E-state index contributed by atoms with van der Waals surface area (Å²) < 4.78 is 11.8. The highest BCUT2D eigenvalue weighted by Crippen LogP contribution is 2.30. The van der Waals surface area contributed by atoms with Crippen LogP contribution >= 0.6 is 11.6 Å². The van der Waals surface area contributed by atoms with Gasteiger partial charge in [-0.1, -0.05) is 11.6 Å².